The van der Waals surface area contributed by atoms with Crippen molar-refractivity contribution in [2.75, 3.05) is 6.54 Å². The Morgan fingerprint density at radius 3 is 2.50 bits per heavy atom. The summed E-state index contributed by atoms with van der Waals surface area (Å²) in [5, 5.41) is 12.3. The fraction of sp³-hybridized carbons (Fsp3) is 0.462. The van der Waals surface area contributed by atoms with E-state index in [1.165, 1.54) is 5.56 Å². The molecule has 0 amide bonds. The summed E-state index contributed by atoms with van der Waals surface area (Å²) in [5.41, 5.74) is 0.501. The molecule has 88 valence electrons. The van der Waals surface area contributed by atoms with Crippen LogP contribution in [0.3, 0.4) is 0 Å². The second-order valence-electron chi connectivity index (χ2n) is 4.31. The molecule has 1 aromatic rings. The average molecular weight is 221 g/mol. The molecule has 0 spiro atoms. The zero-order valence-electron chi connectivity index (χ0n) is 9.86. The van der Waals surface area contributed by atoms with Gasteiger partial charge in [0.05, 0.1) is 5.41 Å². The summed E-state index contributed by atoms with van der Waals surface area (Å²) in [6, 6.07) is 9.98. The van der Waals surface area contributed by atoms with Gasteiger partial charge < -0.3 is 10.4 Å². The molecule has 3 nitrogen and oxygen atoms in total. The summed E-state index contributed by atoms with van der Waals surface area (Å²) in [7, 11) is 0. The van der Waals surface area contributed by atoms with E-state index < -0.39 is 11.4 Å². The van der Waals surface area contributed by atoms with Crippen molar-refractivity contribution in [3.05, 3.63) is 35.9 Å². The third kappa shape index (κ3) is 3.35. The number of carbonyl (C=O) groups is 1. The molecule has 0 fully saturated rings. The number of rotatable bonds is 6. The van der Waals surface area contributed by atoms with Gasteiger partial charge in [-0.25, -0.2) is 0 Å². The first-order valence-corrected chi connectivity index (χ1v) is 5.56. The minimum Gasteiger partial charge on any atom is -0.481 e. The van der Waals surface area contributed by atoms with Crippen molar-refractivity contribution in [1.29, 1.82) is 0 Å². The van der Waals surface area contributed by atoms with Gasteiger partial charge in [-0.3, -0.25) is 4.79 Å². The van der Waals surface area contributed by atoms with Crippen LogP contribution in [0, 0.1) is 5.41 Å². The first kappa shape index (κ1) is 12.7. The Balaban J connectivity index is 2.43. The molecular formula is C13H19NO2. The predicted octanol–water partition coefficient (Wildman–Crippen LogP) is 2.28. The third-order valence-electron chi connectivity index (χ3n) is 2.98. The lowest BCUT2D eigenvalue weighted by atomic mass is 9.88. The van der Waals surface area contributed by atoms with Crippen LogP contribution >= 0.6 is 0 Å². The molecule has 0 saturated heterocycles. The molecular weight excluding hydrogens is 202 g/mol. The summed E-state index contributed by atoms with van der Waals surface area (Å²) >= 11 is 0. The highest BCUT2D eigenvalue weighted by Crippen LogP contribution is 2.19. The van der Waals surface area contributed by atoms with Crippen LogP contribution in [0.5, 0.6) is 0 Å². The van der Waals surface area contributed by atoms with Crippen molar-refractivity contribution in [3.8, 4) is 0 Å². The van der Waals surface area contributed by atoms with Crippen molar-refractivity contribution >= 4 is 5.97 Å². The predicted molar refractivity (Wildman–Crippen MR) is 64.2 cm³/mol. The molecule has 1 atom stereocenters. The Labute approximate surface area is 96.5 Å². The van der Waals surface area contributed by atoms with Crippen LogP contribution < -0.4 is 5.32 Å². The van der Waals surface area contributed by atoms with Crippen LogP contribution in [0.25, 0.3) is 0 Å². The quantitative estimate of drug-likeness (QED) is 0.774. The van der Waals surface area contributed by atoms with Gasteiger partial charge in [-0.05, 0) is 18.9 Å². The number of carboxylic acid groups (broad SMARTS) is 1. The Morgan fingerprint density at radius 2 is 2.00 bits per heavy atom. The van der Waals surface area contributed by atoms with Gasteiger partial charge in [0.15, 0.2) is 0 Å². The minimum absolute atomic E-state index is 0.494. The van der Waals surface area contributed by atoms with Crippen LogP contribution in [-0.2, 0) is 11.3 Å². The largest absolute Gasteiger partial charge is 0.481 e. The molecule has 0 radical (unpaired) electrons. The maximum Gasteiger partial charge on any atom is 0.310 e. The molecule has 0 saturated carbocycles. The smallest absolute Gasteiger partial charge is 0.310 e. The number of hydrogen-bond donors (Lipinski definition) is 2. The van der Waals surface area contributed by atoms with Crippen LogP contribution in [0.4, 0.5) is 0 Å². The van der Waals surface area contributed by atoms with Crippen molar-refractivity contribution in [2.24, 2.45) is 5.41 Å². The van der Waals surface area contributed by atoms with Gasteiger partial charge in [0.2, 0.25) is 0 Å². The molecule has 0 aromatic heterocycles. The van der Waals surface area contributed by atoms with Crippen LogP contribution in [0.1, 0.15) is 25.8 Å². The monoisotopic (exact) mass is 221 g/mol. The normalized spacial score (nSPS) is 14.4. The molecule has 0 aliphatic carbocycles. The van der Waals surface area contributed by atoms with E-state index in [0.29, 0.717) is 19.5 Å². The summed E-state index contributed by atoms with van der Waals surface area (Å²) in [5.74, 6) is -0.740. The van der Waals surface area contributed by atoms with Crippen molar-refractivity contribution in [3.63, 3.8) is 0 Å². The van der Waals surface area contributed by atoms with Crippen LogP contribution in [0.2, 0.25) is 0 Å². The number of carboxylic acids is 1. The SMILES string of the molecule is CCC(C)(CNCc1ccccc1)C(=O)O. The zero-order chi connectivity index (χ0) is 12.0. The van der Waals surface area contributed by atoms with E-state index in [0.717, 1.165) is 0 Å². The van der Waals surface area contributed by atoms with Crippen molar-refractivity contribution in [1.82, 2.24) is 5.32 Å². The van der Waals surface area contributed by atoms with E-state index in [4.69, 9.17) is 5.11 Å². The molecule has 0 bridgehead atoms. The van der Waals surface area contributed by atoms with Gasteiger partial charge in [-0.2, -0.15) is 0 Å². The van der Waals surface area contributed by atoms with E-state index in [1.54, 1.807) is 6.92 Å². The Morgan fingerprint density at radius 1 is 1.38 bits per heavy atom. The van der Waals surface area contributed by atoms with E-state index in [9.17, 15) is 4.79 Å². The second-order valence-corrected chi connectivity index (χ2v) is 4.31. The van der Waals surface area contributed by atoms with Gasteiger partial charge in [0.1, 0.15) is 0 Å². The Bertz CT molecular complexity index is 337. The molecule has 1 rings (SSSR count). The molecule has 3 heteroatoms. The highest BCUT2D eigenvalue weighted by Gasteiger charge is 2.30. The number of benzene rings is 1. The van der Waals surface area contributed by atoms with Crippen LogP contribution in [0.15, 0.2) is 30.3 Å². The third-order valence-corrected chi connectivity index (χ3v) is 2.98. The topological polar surface area (TPSA) is 49.3 Å². The first-order chi connectivity index (χ1) is 7.58. The zero-order valence-corrected chi connectivity index (χ0v) is 9.86. The fourth-order valence-corrected chi connectivity index (χ4v) is 1.43. The lowest BCUT2D eigenvalue weighted by molar-refractivity contribution is -0.147. The molecule has 2 N–H and O–H groups in total. The first-order valence-electron chi connectivity index (χ1n) is 5.56. The second kappa shape index (κ2) is 5.66. The maximum atomic E-state index is 11.1. The number of aliphatic carboxylic acids is 1. The summed E-state index contributed by atoms with van der Waals surface area (Å²) in [6.07, 6.45) is 0.629. The Hall–Kier alpha value is -1.35. The van der Waals surface area contributed by atoms with Crippen LogP contribution in [-0.4, -0.2) is 17.6 Å². The highest BCUT2D eigenvalue weighted by atomic mass is 16.4. The lowest BCUT2D eigenvalue weighted by Crippen LogP contribution is -2.37. The van der Waals surface area contributed by atoms with E-state index in [2.05, 4.69) is 5.32 Å². The molecule has 1 aromatic carbocycles. The summed E-state index contributed by atoms with van der Waals surface area (Å²) in [6.45, 7) is 4.88. The van der Waals surface area contributed by atoms with E-state index in [-0.39, 0.29) is 0 Å². The van der Waals surface area contributed by atoms with Crippen molar-refractivity contribution < 1.29 is 9.90 Å². The van der Waals surface area contributed by atoms with Gasteiger partial charge in [-0.15, -0.1) is 0 Å². The Kier molecular flexibility index (Phi) is 4.50. The minimum atomic E-state index is -0.740. The van der Waals surface area contributed by atoms with Gasteiger partial charge in [0.25, 0.3) is 0 Å². The standard InChI is InChI=1S/C13H19NO2/c1-3-13(2,12(15)16)10-14-9-11-7-5-4-6-8-11/h4-8,14H,3,9-10H2,1-2H3,(H,15,16). The molecule has 0 aliphatic heterocycles. The van der Waals surface area contributed by atoms with Crippen molar-refractivity contribution in [2.45, 2.75) is 26.8 Å². The summed E-state index contributed by atoms with van der Waals surface area (Å²) in [4.78, 5) is 11.1. The van der Waals surface area contributed by atoms with Gasteiger partial charge in [0, 0.05) is 13.1 Å². The fourth-order valence-electron chi connectivity index (χ4n) is 1.43. The number of nitrogens with one attached hydrogen (secondary N) is 1. The summed E-state index contributed by atoms with van der Waals surface area (Å²) < 4.78 is 0. The maximum absolute atomic E-state index is 11.1. The van der Waals surface area contributed by atoms with Gasteiger partial charge >= 0.3 is 5.97 Å². The molecule has 1 unspecified atom stereocenters. The highest BCUT2D eigenvalue weighted by molar-refractivity contribution is 5.74. The van der Waals surface area contributed by atoms with Gasteiger partial charge in [-0.1, -0.05) is 37.3 Å². The number of hydrogen-bond acceptors (Lipinski definition) is 2. The molecule has 0 heterocycles. The molecule has 0 aliphatic rings. The average Bonchev–Trinajstić information content (AvgIpc) is 2.30. The van der Waals surface area contributed by atoms with E-state index in [1.807, 2.05) is 37.3 Å². The molecule has 16 heavy (non-hydrogen) atoms. The van der Waals surface area contributed by atoms with E-state index >= 15 is 0 Å². The lowest BCUT2D eigenvalue weighted by Gasteiger charge is -2.23.